The van der Waals surface area contributed by atoms with Crippen LogP contribution in [0, 0.1) is 0 Å². The quantitative estimate of drug-likeness (QED) is 0.762. The molecule has 0 radical (unpaired) electrons. The highest BCUT2D eigenvalue weighted by atomic mass is 16.5. The monoisotopic (exact) mass is 193 g/mol. The van der Waals surface area contributed by atoms with Crippen LogP contribution in [0.5, 0.6) is 0 Å². The van der Waals surface area contributed by atoms with Gasteiger partial charge in [0.2, 0.25) is 0 Å². The summed E-state index contributed by atoms with van der Waals surface area (Å²) in [5, 5.41) is 3.19. The molecule has 2 heterocycles. The number of hydrogen-bond donors (Lipinski definition) is 2. The molecule has 76 valence electrons. The van der Waals surface area contributed by atoms with Crippen molar-refractivity contribution >= 4 is 0 Å². The van der Waals surface area contributed by atoms with Gasteiger partial charge in [0.1, 0.15) is 17.6 Å². The summed E-state index contributed by atoms with van der Waals surface area (Å²) < 4.78 is 5.59. The van der Waals surface area contributed by atoms with Crippen molar-refractivity contribution in [1.82, 2.24) is 15.3 Å². The number of H-pyrrole nitrogens is 1. The summed E-state index contributed by atoms with van der Waals surface area (Å²) in [4.78, 5) is 7.31. The van der Waals surface area contributed by atoms with Gasteiger partial charge in [-0.2, -0.15) is 0 Å². The third-order valence-electron chi connectivity index (χ3n) is 2.33. The number of aromatic amines is 1. The first-order valence-electron chi connectivity index (χ1n) is 4.91. The normalized spacial score (nSPS) is 18.5. The Labute approximate surface area is 83.4 Å². The van der Waals surface area contributed by atoms with Crippen molar-refractivity contribution in [3.63, 3.8) is 0 Å². The Morgan fingerprint density at radius 3 is 3.14 bits per heavy atom. The molecule has 1 aromatic rings. The molecule has 4 nitrogen and oxygen atoms in total. The van der Waals surface area contributed by atoms with E-state index >= 15 is 0 Å². The smallest absolute Gasteiger partial charge is 0.131 e. The summed E-state index contributed by atoms with van der Waals surface area (Å²) in [6.45, 7) is 0.810. The Morgan fingerprint density at radius 2 is 2.57 bits per heavy atom. The fraction of sp³-hybridized carbons (Fsp3) is 0.500. The molecule has 1 aliphatic heterocycles. The average molecular weight is 193 g/mol. The van der Waals surface area contributed by atoms with E-state index in [0.29, 0.717) is 0 Å². The van der Waals surface area contributed by atoms with Crippen molar-refractivity contribution in [2.24, 2.45) is 0 Å². The molecule has 1 unspecified atom stereocenters. The van der Waals surface area contributed by atoms with E-state index in [-0.39, 0.29) is 6.04 Å². The van der Waals surface area contributed by atoms with E-state index in [1.54, 1.807) is 6.20 Å². The number of allylic oxidation sites excluding steroid dienone is 1. The van der Waals surface area contributed by atoms with Crippen LogP contribution < -0.4 is 5.32 Å². The van der Waals surface area contributed by atoms with E-state index < -0.39 is 0 Å². The average Bonchev–Trinajstić information content (AvgIpc) is 2.74. The van der Waals surface area contributed by atoms with Gasteiger partial charge in [0.15, 0.2) is 0 Å². The molecule has 0 saturated carbocycles. The molecule has 0 spiro atoms. The SMILES string of the molecule is CNC(C1=CCCCO1)c1ncc[nH]1. The molecule has 2 N–H and O–H groups in total. The first-order valence-corrected chi connectivity index (χ1v) is 4.91. The Hall–Kier alpha value is -1.29. The minimum Gasteiger partial charge on any atom is -0.496 e. The fourth-order valence-corrected chi connectivity index (χ4v) is 1.63. The van der Waals surface area contributed by atoms with Gasteiger partial charge in [-0.05, 0) is 26.0 Å². The van der Waals surface area contributed by atoms with Crippen molar-refractivity contribution in [2.45, 2.75) is 18.9 Å². The Balaban J connectivity index is 2.16. The summed E-state index contributed by atoms with van der Waals surface area (Å²) in [7, 11) is 1.91. The Bertz CT molecular complexity index is 305. The van der Waals surface area contributed by atoms with Gasteiger partial charge in [-0.3, -0.25) is 0 Å². The minimum absolute atomic E-state index is 0.0605. The van der Waals surface area contributed by atoms with Crippen molar-refractivity contribution in [2.75, 3.05) is 13.7 Å². The molecular weight excluding hydrogens is 178 g/mol. The maximum absolute atomic E-state index is 5.59. The van der Waals surface area contributed by atoms with Crippen LogP contribution in [0.1, 0.15) is 24.7 Å². The number of likely N-dealkylation sites (N-methyl/N-ethyl adjacent to an activating group) is 1. The van der Waals surface area contributed by atoms with Gasteiger partial charge in [0.05, 0.1) is 6.61 Å². The largest absolute Gasteiger partial charge is 0.496 e. The molecule has 0 amide bonds. The molecule has 1 aromatic heterocycles. The van der Waals surface area contributed by atoms with Crippen molar-refractivity contribution < 1.29 is 4.74 Å². The molecule has 0 aliphatic carbocycles. The molecule has 0 fully saturated rings. The highest BCUT2D eigenvalue weighted by molar-refractivity contribution is 5.13. The van der Waals surface area contributed by atoms with E-state index in [2.05, 4.69) is 21.4 Å². The van der Waals surface area contributed by atoms with Gasteiger partial charge < -0.3 is 15.0 Å². The summed E-state index contributed by atoms with van der Waals surface area (Å²) in [5.41, 5.74) is 0. The van der Waals surface area contributed by atoms with Gasteiger partial charge in [-0.15, -0.1) is 0 Å². The van der Waals surface area contributed by atoms with Crippen LogP contribution in [0.2, 0.25) is 0 Å². The number of aromatic nitrogens is 2. The zero-order valence-electron chi connectivity index (χ0n) is 8.29. The zero-order chi connectivity index (χ0) is 9.80. The Kier molecular flexibility index (Phi) is 2.84. The van der Waals surface area contributed by atoms with Crippen LogP contribution in [-0.2, 0) is 4.74 Å². The van der Waals surface area contributed by atoms with E-state index in [1.165, 1.54) is 0 Å². The van der Waals surface area contributed by atoms with Crippen molar-refractivity contribution in [1.29, 1.82) is 0 Å². The second-order valence-corrected chi connectivity index (χ2v) is 3.29. The van der Waals surface area contributed by atoms with Crippen molar-refractivity contribution in [3.8, 4) is 0 Å². The lowest BCUT2D eigenvalue weighted by atomic mass is 10.1. The minimum atomic E-state index is 0.0605. The number of hydrogen-bond acceptors (Lipinski definition) is 3. The zero-order valence-corrected chi connectivity index (χ0v) is 8.29. The molecular formula is C10H15N3O. The third kappa shape index (κ3) is 1.80. The van der Waals surface area contributed by atoms with E-state index in [4.69, 9.17) is 4.74 Å². The van der Waals surface area contributed by atoms with Crippen LogP contribution in [0.3, 0.4) is 0 Å². The highest BCUT2D eigenvalue weighted by Crippen LogP contribution is 2.22. The number of nitrogens with one attached hydrogen (secondary N) is 2. The first kappa shape index (κ1) is 9.27. The standard InChI is InChI=1S/C10H15N3O/c1-11-9(10-12-5-6-13-10)8-4-2-3-7-14-8/h4-6,9,11H,2-3,7H2,1H3,(H,12,13). The maximum atomic E-state index is 5.59. The summed E-state index contributed by atoms with van der Waals surface area (Å²) in [5.74, 6) is 1.88. The van der Waals surface area contributed by atoms with Crippen LogP contribution in [-0.4, -0.2) is 23.6 Å². The van der Waals surface area contributed by atoms with Crippen LogP contribution in [0.15, 0.2) is 24.2 Å². The predicted molar refractivity (Wildman–Crippen MR) is 53.7 cm³/mol. The van der Waals surface area contributed by atoms with Crippen LogP contribution >= 0.6 is 0 Å². The number of nitrogens with zero attached hydrogens (tertiary/aromatic N) is 1. The van der Waals surface area contributed by atoms with E-state index in [0.717, 1.165) is 31.0 Å². The fourth-order valence-electron chi connectivity index (χ4n) is 1.63. The van der Waals surface area contributed by atoms with Crippen LogP contribution in [0.25, 0.3) is 0 Å². The maximum Gasteiger partial charge on any atom is 0.131 e. The highest BCUT2D eigenvalue weighted by Gasteiger charge is 2.19. The summed E-state index contributed by atoms with van der Waals surface area (Å²) in [6, 6.07) is 0.0605. The molecule has 4 heteroatoms. The number of rotatable bonds is 3. The number of imidazole rings is 1. The second-order valence-electron chi connectivity index (χ2n) is 3.29. The summed E-state index contributed by atoms with van der Waals surface area (Å²) >= 11 is 0. The Morgan fingerprint density at radius 1 is 1.64 bits per heavy atom. The number of ether oxygens (including phenoxy) is 1. The first-order chi connectivity index (χ1) is 6.92. The van der Waals surface area contributed by atoms with Gasteiger partial charge in [0, 0.05) is 12.4 Å². The van der Waals surface area contributed by atoms with E-state index in [1.807, 2.05) is 13.2 Å². The van der Waals surface area contributed by atoms with Gasteiger partial charge in [0.25, 0.3) is 0 Å². The molecule has 14 heavy (non-hydrogen) atoms. The topological polar surface area (TPSA) is 49.9 Å². The molecule has 0 aromatic carbocycles. The lowest BCUT2D eigenvalue weighted by Crippen LogP contribution is -2.23. The van der Waals surface area contributed by atoms with E-state index in [9.17, 15) is 0 Å². The lowest BCUT2D eigenvalue weighted by Gasteiger charge is -2.21. The molecule has 0 bridgehead atoms. The van der Waals surface area contributed by atoms with Gasteiger partial charge in [-0.25, -0.2) is 4.98 Å². The lowest BCUT2D eigenvalue weighted by molar-refractivity contribution is 0.168. The predicted octanol–water partition coefficient (Wildman–Crippen LogP) is 1.36. The third-order valence-corrected chi connectivity index (χ3v) is 2.33. The van der Waals surface area contributed by atoms with Crippen molar-refractivity contribution in [3.05, 3.63) is 30.1 Å². The molecule has 1 aliphatic rings. The summed E-state index contributed by atoms with van der Waals surface area (Å²) in [6.07, 6.45) is 7.91. The molecule has 0 saturated heterocycles. The van der Waals surface area contributed by atoms with Gasteiger partial charge >= 0.3 is 0 Å². The second kappa shape index (κ2) is 4.28. The van der Waals surface area contributed by atoms with Gasteiger partial charge in [-0.1, -0.05) is 0 Å². The molecule has 1 atom stereocenters. The van der Waals surface area contributed by atoms with Crippen LogP contribution in [0.4, 0.5) is 0 Å². The molecule has 2 rings (SSSR count).